The Balaban J connectivity index is 1.60. The van der Waals surface area contributed by atoms with Crippen LogP contribution in [0.1, 0.15) is 57.1 Å². The van der Waals surface area contributed by atoms with Crippen LogP contribution in [0.15, 0.2) is 93.9 Å². The quantitative estimate of drug-likeness (QED) is 0.193. The van der Waals surface area contributed by atoms with Gasteiger partial charge in [0.05, 0.1) is 0 Å². The summed E-state index contributed by atoms with van der Waals surface area (Å²) < 4.78 is 2.23. The second kappa shape index (κ2) is 9.84. The van der Waals surface area contributed by atoms with Gasteiger partial charge in [-0.25, -0.2) is 0 Å². The van der Waals surface area contributed by atoms with E-state index < -0.39 is 0 Å². The van der Waals surface area contributed by atoms with Gasteiger partial charge in [0.15, 0.2) is 0 Å². The highest BCUT2D eigenvalue weighted by Gasteiger charge is 2.39. The number of unbranched alkanes of at least 4 members (excludes halogenated alkanes) is 3. The fourth-order valence-corrected chi connectivity index (χ4v) is 5.96. The van der Waals surface area contributed by atoms with Crippen molar-refractivity contribution >= 4 is 31.9 Å². The van der Waals surface area contributed by atoms with Crippen LogP contribution in [-0.4, -0.2) is 0 Å². The highest BCUT2D eigenvalue weighted by molar-refractivity contribution is 9.10. The molecular weight excluding hydrogens is 544 g/mol. The summed E-state index contributed by atoms with van der Waals surface area (Å²) in [5.74, 6) is 0. The normalized spacial score (nSPS) is 13.5. The van der Waals surface area contributed by atoms with Crippen molar-refractivity contribution in [3.63, 3.8) is 0 Å². The third-order valence-electron chi connectivity index (χ3n) is 7.40. The van der Waals surface area contributed by atoms with Gasteiger partial charge in [0.1, 0.15) is 0 Å². The van der Waals surface area contributed by atoms with Crippen LogP contribution in [0.2, 0.25) is 0 Å². The van der Waals surface area contributed by atoms with Crippen LogP contribution in [0.4, 0.5) is 0 Å². The highest BCUT2D eigenvalue weighted by Crippen LogP contribution is 2.53. The Morgan fingerprint density at radius 1 is 0.559 bits per heavy atom. The van der Waals surface area contributed by atoms with Crippen molar-refractivity contribution in [1.29, 1.82) is 0 Å². The molecule has 0 saturated heterocycles. The number of hydrogen-bond donors (Lipinski definition) is 0. The molecule has 0 aromatic heterocycles. The lowest BCUT2D eigenvalue weighted by atomic mass is 9.75. The summed E-state index contributed by atoms with van der Waals surface area (Å²) in [6, 6.07) is 31.5. The van der Waals surface area contributed by atoms with Gasteiger partial charge in [0.25, 0.3) is 0 Å². The first-order chi connectivity index (χ1) is 16.5. The van der Waals surface area contributed by atoms with Crippen molar-refractivity contribution in [3.05, 3.63) is 105 Å². The summed E-state index contributed by atoms with van der Waals surface area (Å²) in [4.78, 5) is 0. The lowest BCUT2D eigenvalue weighted by molar-refractivity contribution is 0.487. The largest absolute Gasteiger partial charge is 0.0654 e. The van der Waals surface area contributed by atoms with E-state index >= 15 is 0 Å². The molecule has 2 heteroatoms. The van der Waals surface area contributed by atoms with Gasteiger partial charge in [-0.05, 0) is 87.3 Å². The van der Waals surface area contributed by atoms with Crippen molar-refractivity contribution in [2.45, 2.75) is 51.4 Å². The molecule has 1 aliphatic carbocycles. The fourth-order valence-electron chi connectivity index (χ4n) is 5.43. The number of hydrogen-bond acceptors (Lipinski definition) is 0. The molecule has 0 N–H and O–H groups in total. The maximum Gasteiger partial charge on any atom is 0.0187 e. The van der Waals surface area contributed by atoms with Gasteiger partial charge in [-0.3, -0.25) is 0 Å². The minimum atomic E-state index is 0.0230. The van der Waals surface area contributed by atoms with E-state index in [1.54, 1.807) is 0 Å². The molecule has 0 amide bonds. The Morgan fingerprint density at radius 3 is 1.44 bits per heavy atom. The first-order valence-corrected chi connectivity index (χ1v) is 13.9. The van der Waals surface area contributed by atoms with Gasteiger partial charge < -0.3 is 0 Å². The van der Waals surface area contributed by atoms with Crippen molar-refractivity contribution in [2.75, 3.05) is 0 Å². The Kier molecular flexibility index (Phi) is 6.82. The molecule has 0 unspecified atom stereocenters. The van der Waals surface area contributed by atoms with Gasteiger partial charge in [0.2, 0.25) is 0 Å². The van der Waals surface area contributed by atoms with Gasteiger partial charge >= 0.3 is 0 Å². The molecule has 0 spiro atoms. The molecule has 0 fully saturated rings. The molecule has 0 nitrogen and oxygen atoms in total. The Labute approximate surface area is 220 Å². The van der Waals surface area contributed by atoms with Crippen LogP contribution in [0.3, 0.4) is 0 Å². The minimum Gasteiger partial charge on any atom is -0.0654 e. The molecule has 0 saturated carbocycles. The van der Waals surface area contributed by atoms with E-state index in [0.717, 1.165) is 8.95 Å². The van der Waals surface area contributed by atoms with E-state index in [0.29, 0.717) is 0 Å². The van der Waals surface area contributed by atoms with Crippen LogP contribution in [0.5, 0.6) is 0 Å². The van der Waals surface area contributed by atoms with Gasteiger partial charge in [-0.15, -0.1) is 0 Å². The van der Waals surface area contributed by atoms with Crippen molar-refractivity contribution in [1.82, 2.24) is 0 Å². The first kappa shape index (κ1) is 23.6. The summed E-state index contributed by atoms with van der Waals surface area (Å²) in [6.45, 7) is 4.76. The lowest BCUT2D eigenvalue weighted by Gasteiger charge is -2.28. The molecular formula is C32H30Br2. The number of fused-ring (bicyclic) bond motifs is 3. The molecule has 172 valence electrons. The first-order valence-electron chi connectivity index (χ1n) is 12.3. The van der Waals surface area contributed by atoms with Crippen LogP contribution >= 0.6 is 31.9 Å². The third-order valence-corrected chi connectivity index (χ3v) is 8.46. The minimum absolute atomic E-state index is 0.0230. The topological polar surface area (TPSA) is 0 Å². The summed E-state index contributed by atoms with van der Waals surface area (Å²) in [5.41, 5.74) is 10.9. The summed E-state index contributed by atoms with van der Waals surface area (Å²) in [6.07, 6.45) is 6.32. The van der Waals surface area contributed by atoms with Crippen molar-refractivity contribution in [2.24, 2.45) is 0 Å². The zero-order valence-corrected chi connectivity index (χ0v) is 23.0. The lowest BCUT2D eigenvalue weighted by Crippen LogP contribution is -2.20. The second-order valence-corrected chi connectivity index (χ2v) is 11.5. The van der Waals surface area contributed by atoms with Crippen LogP contribution in [0.25, 0.3) is 33.4 Å². The molecule has 0 aliphatic heterocycles. The SMILES string of the molecule is CCCCCCC1(C)c2cc(-c3ccc(Br)cc3)ccc2-c2ccc(-c3ccc(Br)cc3)cc21. The van der Waals surface area contributed by atoms with Crippen molar-refractivity contribution < 1.29 is 0 Å². The van der Waals surface area contributed by atoms with Crippen LogP contribution < -0.4 is 0 Å². The smallest absolute Gasteiger partial charge is 0.0187 e. The average Bonchev–Trinajstić information content (AvgIpc) is 3.10. The second-order valence-electron chi connectivity index (χ2n) is 9.68. The number of halogens is 2. The van der Waals surface area contributed by atoms with E-state index in [2.05, 4.69) is 131 Å². The summed E-state index contributed by atoms with van der Waals surface area (Å²) >= 11 is 7.15. The van der Waals surface area contributed by atoms with E-state index in [9.17, 15) is 0 Å². The summed E-state index contributed by atoms with van der Waals surface area (Å²) in [7, 11) is 0. The number of rotatable bonds is 7. The predicted octanol–water partition coefficient (Wildman–Crippen LogP) is 10.8. The monoisotopic (exact) mass is 572 g/mol. The molecule has 5 rings (SSSR count). The van der Waals surface area contributed by atoms with E-state index in [-0.39, 0.29) is 5.41 Å². The molecule has 34 heavy (non-hydrogen) atoms. The summed E-state index contributed by atoms with van der Waals surface area (Å²) in [5, 5.41) is 0. The third kappa shape index (κ3) is 4.43. The van der Waals surface area contributed by atoms with E-state index in [1.165, 1.54) is 76.6 Å². The number of benzene rings is 4. The molecule has 0 radical (unpaired) electrons. The van der Waals surface area contributed by atoms with Gasteiger partial charge in [-0.1, -0.05) is 120 Å². The maximum atomic E-state index is 3.57. The Bertz CT molecular complexity index is 1210. The molecule has 0 heterocycles. The van der Waals surface area contributed by atoms with Gasteiger partial charge in [0, 0.05) is 14.4 Å². The van der Waals surface area contributed by atoms with Crippen molar-refractivity contribution in [3.8, 4) is 33.4 Å². The Hall–Kier alpha value is -2.16. The molecule has 1 aliphatic rings. The Morgan fingerprint density at radius 2 is 1.00 bits per heavy atom. The van der Waals surface area contributed by atoms with Crippen LogP contribution in [0, 0.1) is 0 Å². The van der Waals surface area contributed by atoms with E-state index in [4.69, 9.17) is 0 Å². The van der Waals surface area contributed by atoms with E-state index in [1.807, 2.05) is 0 Å². The zero-order valence-electron chi connectivity index (χ0n) is 19.9. The molecule has 4 aromatic rings. The standard InChI is InChI=1S/C32H30Br2/c1-3-4-5-6-19-32(2)30-20-24(22-7-13-26(33)14-8-22)11-17-28(30)29-18-12-25(21-31(29)32)23-9-15-27(34)16-10-23/h7-18,20-21H,3-6,19H2,1-2H3. The predicted molar refractivity (Wildman–Crippen MR) is 153 cm³/mol. The highest BCUT2D eigenvalue weighted by atomic mass is 79.9. The molecule has 4 aromatic carbocycles. The zero-order chi connectivity index (χ0) is 23.7. The van der Waals surface area contributed by atoms with Crippen LogP contribution in [-0.2, 0) is 5.41 Å². The molecule has 0 bridgehead atoms. The fraction of sp³-hybridized carbons (Fsp3) is 0.250. The maximum absolute atomic E-state index is 3.57. The molecule has 0 atom stereocenters. The average molecular weight is 574 g/mol. The van der Waals surface area contributed by atoms with Gasteiger partial charge in [-0.2, -0.15) is 0 Å².